The van der Waals surface area contributed by atoms with Crippen LogP contribution in [0.3, 0.4) is 0 Å². The van der Waals surface area contributed by atoms with Crippen LogP contribution in [0.2, 0.25) is 0 Å². The summed E-state index contributed by atoms with van der Waals surface area (Å²) >= 11 is 0. The van der Waals surface area contributed by atoms with Crippen LogP contribution in [-0.2, 0) is 6.54 Å². The number of rotatable bonds is 5. The summed E-state index contributed by atoms with van der Waals surface area (Å²) in [6, 6.07) is 7.16. The second kappa shape index (κ2) is 8.87. The van der Waals surface area contributed by atoms with E-state index in [9.17, 15) is 4.39 Å². The van der Waals surface area contributed by atoms with Gasteiger partial charge in [-0.3, -0.25) is 4.99 Å². The van der Waals surface area contributed by atoms with Crippen molar-refractivity contribution in [3.8, 4) is 0 Å². The van der Waals surface area contributed by atoms with E-state index < -0.39 is 0 Å². The summed E-state index contributed by atoms with van der Waals surface area (Å²) in [6.07, 6.45) is 2.54. The Hall–Kier alpha value is -1.62. The van der Waals surface area contributed by atoms with E-state index in [1.54, 1.807) is 19.2 Å². The molecule has 0 aliphatic carbocycles. The topological polar surface area (TPSA) is 39.7 Å². The second-order valence-corrected chi connectivity index (χ2v) is 6.53. The molecule has 128 valence electrons. The van der Waals surface area contributed by atoms with Crippen molar-refractivity contribution in [2.75, 3.05) is 26.7 Å². The summed E-state index contributed by atoms with van der Waals surface area (Å²) in [7, 11) is 1.78. The lowest BCUT2D eigenvalue weighted by Gasteiger charge is -2.35. The number of guanidine groups is 1. The van der Waals surface area contributed by atoms with Gasteiger partial charge in [-0.15, -0.1) is 0 Å². The van der Waals surface area contributed by atoms with Crippen LogP contribution in [0, 0.1) is 11.7 Å². The molecule has 0 radical (unpaired) electrons. The lowest BCUT2D eigenvalue weighted by molar-refractivity contribution is 0.141. The van der Waals surface area contributed by atoms with E-state index >= 15 is 0 Å². The van der Waals surface area contributed by atoms with Gasteiger partial charge in [0.25, 0.3) is 0 Å². The largest absolute Gasteiger partial charge is 0.356 e. The van der Waals surface area contributed by atoms with Gasteiger partial charge in [0.15, 0.2) is 5.96 Å². The van der Waals surface area contributed by atoms with Crippen molar-refractivity contribution in [1.29, 1.82) is 0 Å². The first-order valence-electron chi connectivity index (χ1n) is 8.51. The van der Waals surface area contributed by atoms with Crippen molar-refractivity contribution < 1.29 is 4.39 Å². The van der Waals surface area contributed by atoms with E-state index in [1.807, 2.05) is 0 Å². The molecule has 5 heteroatoms. The lowest BCUT2D eigenvalue weighted by atomic mass is 9.97. The summed E-state index contributed by atoms with van der Waals surface area (Å²) in [5.74, 6) is 1.26. The molecule has 0 saturated carbocycles. The first-order valence-corrected chi connectivity index (χ1v) is 8.51. The fraction of sp³-hybridized carbons (Fsp3) is 0.611. The molecule has 2 rings (SSSR count). The predicted octanol–water partition coefficient (Wildman–Crippen LogP) is 2.61. The molecule has 4 nitrogen and oxygen atoms in total. The highest BCUT2D eigenvalue weighted by Gasteiger charge is 2.21. The van der Waals surface area contributed by atoms with Gasteiger partial charge in [0, 0.05) is 32.7 Å². The normalized spacial score (nSPS) is 19.9. The molecule has 0 spiro atoms. The third-order valence-electron chi connectivity index (χ3n) is 4.44. The van der Waals surface area contributed by atoms with Crippen LogP contribution in [0.5, 0.6) is 0 Å². The molecule has 23 heavy (non-hydrogen) atoms. The van der Waals surface area contributed by atoms with Crippen LogP contribution in [-0.4, -0.2) is 43.6 Å². The number of likely N-dealkylation sites (tertiary alicyclic amines) is 1. The molecule has 0 bridgehead atoms. The molecule has 1 aromatic rings. The van der Waals surface area contributed by atoms with Crippen molar-refractivity contribution in [2.24, 2.45) is 10.9 Å². The average molecular weight is 320 g/mol. The van der Waals surface area contributed by atoms with Crippen molar-refractivity contribution in [3.05, 3.63) is 35.6 Å². The summed E-state index contributed by atoms with van der Waals surface area (Å²) in [4.78, 5) is 6.81. The maximum absolute atomic E-state index is 12.9. The van der Waals surface area contributed by atoms with E-state index in [1.165, 1.54) is 31.5 Å². The maximum Gasteiger partial charge on any atom is 0.191 e. The third-order valence-corrected chi connectivity index (χ3v) is 4.44. The van der Waals surface area contributed by atoms with Gasteiger partial charge in [-0.1, -0.05) is 12.1 Å². The summed E-state index contributed by atoms with van der Waals surface area (Å²) in [6.45, 7) is 8.47. The molecule has 1 aliphatic rings. The Bertz CT molecular complexity index is 498. The highest BCUT2D eigenvalue weighted by molar-refractivity contribution is 5.79. The van der Waals surface area contributed by atoms with E-state index in [2.05, 4.69) is 34.4 Å². The van der Waals surface area contributed by atoms with E-state index in [-0.39, 0.29) is 5.82 Å². The smallest absolute Gasteiger partial charge is 0.191 e. The molecular formula is C18H29FN4. The number of halogens is 1. The molecule has 1 saturated heterocycles. The first kappa shape index (κ1) is 17.7. The van der Waals surface area contributed by atoms with Gasteiger partial charge in [-0.25, -0.2) is 4.39 Å². The zero-order valence-corrected chi connectivity index (χ0v) is 14.5. The molecule has 1 aliphatic heterocycles. The van der Waals surface area contributed by atoms with Gasteiger partial charge in [0.1, 0.15) is 5.82 Å². The SMILES string of the molecule is CN=C(NCc1ccc(F)cc1)NCC1CCCN(C(C)C)C1. The molecule has 0 aromatic heterocycles. The Morgan fingerprint density at radius 2 is 2.04 bits per heavy atom. The number of nitrogens with zero attached hydrogens (tertiary/aromatic N) is 2. The molecule has 1 heterocycles. The first-order chi connectivity index (χ1) is 11.1. The van der Waals surface area contributed by atoms with Gasteiger partial charge in [0.2, 0.25) is 0 Å². The van der Waals surface area contributed by atoms with Gasteiger partial charge < -0.3 is 15.5 Å². The highest BCUT2D eigenvalue weighted by atomic mass is 19.1. The zero-order valence-electron chi connectivity index (χ0n) is 14.5. The summed E-state index contributed by atoms with van der Waals surface area (Å²) < 4.78 is 12.9. The third kappa shape index (κ3) is 5.82. The Labute approximate surface area is 139 Å². The fourth-order valence-corrected chi connectivity index (χ4v) is 2.98. The molecule has 1 aromatic carbocycles. The van der Waals surface area contributed by atoms with Crippen LogP contribution in [0.15, 0.2) is 29.3 Å². The van der Waals surface area contributed by atoms with Crippen molar-refractivity contribution in [3.63, 3.8) is 0 Å². The quantitative estimate of drug-likeness (QED) is 0.647. The minimum Gasteiger partial charge on any atom is -0.356 e. The van der Waals surface area contributed by atoms with Crippen molar-refractivity contribution in [1.82, 2.24) is 15.5 Å². The van der Waals surface area contributed by atoms with Crippen LogP contribution in [0.1, 0.15) is 32.3 Å². The molecule has 1 atom stereocenters. The number of aliphatic imine (C=N–C) groups is 1. The van der Waals surface area contributed by atoms with Crippen LogP contribution < -0.4 is 10.6 Å². The average Bonchev–Trinajstić information content (AvgIpc) is 2.57. The van der Waals surface area contributed by atoms with Gasteiger partial charge in [-0.2, -0.15) is 0 Å². The standard InChI is InChI=1S/C18H29FN4/c1-14(2)23-10-4-5-16(13-23)12-22-18(20-3)21-11-15-6-8-17(19)9-7-15/h6-9,14,16H,4-5,10-13H2,1-3H3,(H2,20,21,22). The van der Waals surface area contributed by atoms with Gasteiger partial charge in [0.05, 0.1) is 0 Å². The number of nitrogens with one attached hydrogen (secondary N) is 2. The summed E-state index contributed by atoms with van der Waals surface area (Å²) in [5.41, 5.74) is 1.04. The minimum absolute atomic E-state index is 0.205. The van der Waals surface area contributed by atoms with Crippen LogP contribution in [0.4, 0.5) is 4.39 Å². The molecule has 2 N–H and O–H groups in total. The van der Waals surface area contributed by atoms with E-state index in [0.717, 1.165) is 24.6 Å². The molecule has 0 amide bonds. The second-order valence-electron chi connectivity index (χ2n) is 6.53. The number of hydrogen-bond acceptors (Lipinski definition) is 2. The van der Waals surface area contributed by atoms with Gasteiger partial charge in [-0.05, 0) is 56.8 Å². The maximum atomic E-state index is 12.9. The van der Waals surface area contributed by atoms with Crippen LogP contribution in [0.25, 0.3) is 0 Å². The number of hydrogen-bond donors (Lipinski definition) is 2. The van der Waals surface area contributed by atoms with E-state index in [0.29, 0.717) is 18.5 Å². The molecular weight excluding hydrogens is 291 g/mol. The fourth-order valence-electron chi connectivity index (χ4n) is 2.98. The number of benzene rings is 1. The number of piperidine rings is 1. The van der Waals surface area contributed by atoms with Crippen molar-refractivity contribution >= 4 is 5.96 Å². The zero-order chi connectivity index (χ0) is 16.7. The predicted molar refractivity (Wildman–Crippen MR) is 94.0 cm³/mol. The molecule has 1 unspecified atom stereocenters. The van der Waals surface area contributed by atoms with Crippen molar-refractivity contribution in [2.45, 2.75) is 39.3 Å². The van der Waals surface area contributed by atoms with E-state index in [4.69, 9.17) is 0 Å². The minimum atomic E-state index is -0.205. The highest BCUT2D eigenvalue weighted by Crippen LogP contribution is 2.17. The Balaban J connectivity index is 1.75. The van der Waals surface area contributed by atoms with Crippen LogP contribution >= 0.6 is 0 Å². The monoisotopic (exact) mass is 320 g/mol. The van der Waals surface area contributed by atoms with Gasteiger partial charge >= 0.3 is 0 Å². The Morgan fingerprint density at radius 1 is 1.30 bits per heavy atom. The lowest BCUT2D eigenvalue weighted by Crippen LogP contribution is -2.45. The Morgan fingerprint density at radius 3 is 2.70 bits per heavy atom. The molecule has 1 fully saturated rings. The summed E-state index contributed by atoms with van der Waals surface area (Å²) in [5, 5.41) is 6.70. The Kier molecular flexibility index (Phi) is 6.84.